The zero-order valence-electron chi connectivity index (χ0n) is 16.1. The maximum absolute atomic E-state index is 12.2. The van der Waals surface area contributed by atoms with Crippen LogP contribution < -0.4 is 0 Å². The summed E-state index contributed by atoms with van der Waals surface area (Å²) in [6.45, 7) is 5.67. The van der Waals surface area contributed by atoms with Gasteiger partial charge in [-0.3, -0.25) is 14.9 Å². The Morgan fingerprint density at radius 3 is 2.59 bits per heavy atom. The number of carbonyl (C=O) groups is 1. The lowest BCUT2D eigenvalue weighted by Crippen LogP contribution is -2.11. The minimum Gasteiger partial charge on any atom is -0.452 e. The Balaban J connectivity index is 1.58. The average molecular weight is 413 g/mol. The Morgan fingerprint density at radius 1 is 1.21 bits per heavy atom. The van der Waals surface area contributed by atoms with Crippen molar-refractivity contribution in [3.63, 3.8) is 0 Å². The van der Waals surface area contributed by atoms with Crippen molar-refractivity contribution in [1.29, 1.82) is 0 Å². The summed E-state index contributed by atoms with van der Waals surface area (Å²) < 4.78 is 10.9. The summed E-state index contributed by atoms with van der Waals surface area (Å²) in [6.07, 6.45) is -0.707. The van der Waals surface area contributed by atoms with Crippen molar-refractivity contribution in [3.05, 3.63) is 69.6 Å². The van der Waals surface area contributed by atoms with Gasteiger partial charge in [0, 0.05) is 22.6 Å². The van der Waals surface area contributed by atoms with Crippen LogP contribution in [0.1, 0.15) is 30.0 Å². The number of rotatable bonds is 7. The van der Waals surface area contributed by atoms with E-state index in [0.29, 0.717) is 5.56 Å². The first-order valence-corrected chi connectivity index (χ1v) is 9.80. The van der Waals surface area contributed by atoms with E-state index in [0.717, 1.165) is 10.5 Å². The van der Waals surface area contributed by atoms with Crippen molar-refractivity contribution in [2.24, 2.45) is 0 Å². The number of benzene rings is 2. The summed E-state index contributed by atoms with van der Waals surface area (Å²) >= 11 is 1.41. The first-order chi connectivity index (χ1) is 13.8. The molecular weight excluding hydrogens is 394 g/mol. The molecule has 0 fully saturated rings. The third kappa shape index (κ3) is 5.20. The lowest BCUT2D eigenvalue weighted by Gasteiger charge is -2.10. The van der Waals surface area contributed by atoms with Crippen molar-refractivity contribution in [2.45, 2.75) is 31.8 Å². The van der Waals surface area contributed by atoms with Crippen LogP contribution in [0.15, 0.2) is 51.8 Å². The van der Waals surface area contributed by atoms with Crippen LogP contribution in [0.4, 0.5) is 5.69 Å². The van der Waals surface area contributed by atoms with E-state index in [2.05, 4.69) is 16.3 Å². The van der Waals surface area contributed by atoms with Crippen LogP contribution in [0.3, 0.4) is 0 Å². The molecule has 29 heavy (non-hydrogen) atoms. The van der Waals surface area contributed by atoms with Gasteiger partial charge >= 0.3 is 5.97 Å². The molecule has 0 unspecified atom stereocenters. The van der Waals surface area contributed by atoms with E-state index in [9.17, 15) is 14.9 Å². The van der Waals surface area contributed by atoms with Crippen molar-refractivity contribution in [3.8, 4) is 11.5 Å². The molecular formula is C20H19N3O5S. The molecule has 0 radical (unpaired) electrons. The number of nitrogens with zero attached hydrogens (tertiary/aromatic N) is 3. The van der Waals surface area contributed by atoms with E-state index in [1.807, 2.05) is 26.0 Å². The lowest BCUT2D eigenvalue weighted by atomic mass is 10.2. The van der Waals surface area contributed by atoms with Crippen LogP contribution in [0.2, 0.25) is 0 Å². The first-order valence-electron chi connectivity index (χ1n) is 8.81. The van der Waals surface area contributed by atoms with Gasteiger partial charge in [-0.2, -0.15) is 0 Å². The van der Waals surface area contributed by atoms with Gasteiger partial charge in [-0.25, -0.2) is 0 Å². The molecule has 8 nitrogen and oxygen atoms in total. The predicted octanol–water partition coefficient (Wildman–Crippen LogP) is 4.66. The second-order valence-electron chi connectivity index (χ2n) is 6.44. The number of hydrogen-bond donors (Lipinski definition) is 0. The number of esters is 1. The number of ether oxygens (including phenoxy) is 1. The standard InChI is InChI=1S/C20H19N3O5S/c1-12-4-9-17(13(2)10-12)29-11-18(24)27-14(3)19-21-22-20(28-19)15-5-7-16(8-6-15)23(25)26/h4-10,14H,11H2,1-3H3/t14-/m0/s1. The number of carbonyl (C=O) groups excluding carboxylic acids is 1. The molecule has 3 rings (SSSR count). The van der Waals surface area contributed by atoms with E-state index in [4.69, 9.17) is 9.15 Å². The molecule has 2 aromatic carbocycles. The summed E-state index contributed by atoms with van der Waals surface area (Å²) in [5.74, 6) is 0.126. The quantitative estimate of drug-likeness (QED) is 0.238. The highest BCUT2D eigenvalue weighted by Gasteiger charge is 2.19. The Hall–Kier alpha value is -3.20. The fraction of sp³-hybridized carbons (Fsp3) is 0.250. The molecule has 0 aliphatic heterocycles. The average Bonchev–Trinajstić information content (AvgIpc) is 3.18. The predicted molar refractivity (Wildman–Crippen MR) is 108 cm³/mol. The van der Waals surface area contributed by atoms with Crippen molar-refractivity contribution in [2.75, 3.05) is 5.75 Å². The second kappa shape index (κ2) is 8.87. The summed E-state index contributed by atoms with van der Waals surface area (Å²) in [4.78, 5) is 23.4. The van der Waals surface area contributed by atoms with Crippen LogP contribution in [-0.4, -0.2) is 26.8 Å². The fourth-order valence-electron chi connectivity index (χ4n) is 2.62. The van der Waals surface area contributed by atoms with Crippen LogP contribution in [0.25, 0.3) is 11.5 Å². The molecule has 150 valence electrons. The van der Waals surface area contributed by atoms with E-state index in [1.165, 1.54) is 41.6 Å². The Kier molecular flexibility index (Phi) is 6.28. The first kappa shape index (κ1) is 20.5. The van der Waals surface area contributed by atoms with Crippen LogP contribution in [0.5, 0.6) is 0 Å². The smallest absolute Gasteiger partial charge is 0.317 e. The van der Waals surface area contributed by atoms with Gasteiger partial charge in [0.25, 0.3) is 11.6 Å². The molecule has 9 heteroatoms. The molecule has 0 saturated heterocycles. The second-order valence-corrected chi connectivity index (χ2v) is 7.46. The van der Waals surface area contributed by atoms with Crippen molar-refractivity contribution < 1.29 is 18.9 Å². The largest absolute Gasteiger partial charge is 0.452 e. The minimum atomic E-state index is -0.707. The molecule has 1 aromatic heterocycles. The van der Waals surface area contributed by atoms with Gasteiger partial charge in [-0.15, -0.1) is 22.0 Å². The number of non-ortho nitro benzene ring substituents is 1. The summed E-state index contributed by atoms with van der Waals surface area (Å²) in [7, 11) is 0. The molecule has 3 aromatic rings. The fourth-order valence-corrected chi connectivity index (χ4v) is 3.41. The molecule has 0 aliphatic rings. The highest BCUT2D eigenvalue weighted by Crippen LogP contribution is 2.26. The monoisotopic (exact) mass is 413 g/mol. The highest BCUT2D eigenvalue weighted by molar-refractivity contribution is 8.00. The molecule has 0 saturated carbocycles. The molecule has 0 N–H and O–H groups in total. The van der Waals surface area contributed by atoms with Gasteiger partial charge in [0.1, 0.15) is 0 Å². The van der Waals surface area contributed by atoms with Crippen molar-refractivity contribution >= 4 is 23.4 Å². The lowest BCUT2D eigenvalue weighted by molar-refractivity contribution is -0.384. The highest BCUT2D eigenvalue weighted by atomic mass is 32.2. The van der Waals surface area contributed by atoms with Crippen LogP contribution in [-0.2, 0) is 9.53 Å². The van der Waals surface area contributed by atoms with E-state index in [1.54, 1.807) is 6.92 Å². The molecule has 0 spiro atoms. The van der Waals surface area contributed by atoms with Crippen LogP contribution >= 0.6 is 11.8 Å². The zero-order chi connectivity index (χ0) is 21.0. The Bertz CT molecular complexity index is 1030. The van der Waals surface area contributed by atoms with Gasteiger partial charge in [0.2, 0.25) is 5.89 Å². The number of hydrogen-bond acceptors (Lipinski definition) is 8. The SMILES string of the molecule is Cc1ccc(SCC(=O)O[C@@H](C)c2nnc(-c3ccc([N+](=O)[O-])cc3)o2)c(C)c1. The van der Waals surface area contributed by atoms with Crippen molar-refractivity contribution in [1.82, 2.24) is 10.2 Å². The van der Waals surface area contributed by atoms with Gasteiger partial charge < -0.3 is 9.15 Å². The van der Waals surface area contributed by atoms with E-state index >= 15 is 0 Å². The van der Waals surface area contributed by atoms with E-state index in [-0.39, 0.29) is 23.2 Å². The molecule has 0 amide bonds. The van der Waals surface area contributed by atoms with Crippen LogP contribution in [0, 0.1) is 24.0 Å². The maximum atomic E-state index is 12.2. The summed E-state index contributed by atoms with van der Waals surface area (Å²) in [6, 6.07) is 11.8. The van der Waals surface area contributed by atoms with Gasteiger partial charge in [-0.05, 0) is 44.5 Å². The number of aromatic nitrogens is 2. The summed E-state index contributed by atoms with van der Waals surface area (Å²) in [5, 5.41) is 18.6. The number of nitro groups is 1. The normalized spacial score (nSPS) is 11.8. The van der Waals surface area contributed by atoms with Gasteiger partial charge in [0.05, 0.1) is 10.7 Å². The van der Waals surface area contributed by atoms with Gasteiger partial charge in [0.15, 0.2) is 6.10 Å². The molecule has 0 bridgehead atoms. The topological polar surface area (TPSA) is 108 Å². The Labute approximate surface area is 171 Å². The minimum absolute atomic E-state index is 0.0305. The summed E-state index contributed by atoms with van der Waals surface area (Å²) in [5.41, 5.74) is 2.79. The molecule has 1 atom stereocenters. The number of thioether (sulfide) groups is 1. The maximum Gasteiger partial charge on any atom is 0.317 e. The molecule has 1 heterocycles. The Morgan fingerprint density at radius 2 is 1.93 bits per heavy atom. The van der Waals surface area contributed by atoms with E-state index < -0.39 is 17.0 Å². The third-order valence-corrected chi connectivity index (χ3v) is 5.25. The van der Waals surface area contributed by atoms with Gasteiger partial charge in [-0.1, -0.05) is 17.7 Å². The zero-order valence-corrected chi connectivity index (χ0v) is 16.9. The number of aryl methyl sites for hydroxylation is 2. The third-order valence-electron chi connectivity index (χ3n) is 4.10. The molecule has 0 aliphatic carbocycles. The number of nitro benzene ring substituents is 1.